The lowest BCUT2D eigenvalue weighted by atomic mass is 10.1. The molecule has 0 spiro atoms. The molecular weight excluding hydrogens is 358 g/mol. The van der Waals surface area contributed by atoms with E-state index in [0.29, 0.717) is 13.0 Å². The van der Waals surface area contributed by atoms with Crippen LogP contribution in [0, 0.1) is 6.92 Å². The molecule has 144 valence electrons. The van der Waals surface area contributed by atoms with E-state index < -0.39 is 0 Å². The van der Waals surface area contributed by atoms with Crippen molar-refractivity contribution in [2.75, 3.05) is 25.0 Å². The second-order valence-electron chi connectivity index (χ2n) is 6.63. The number of nitrogens with zero attached hydrogens (tertiary/aromatic N) is 3. The van der Waals surface area contributed by atoms with E-state index in [9.17, 15) is 4.79 Å². The quantitative estimate of drug-likeness (QED) is 0.593. The molecule has 2 heterocycles. The summed E-state index contributed by atoms with van der Waals surface area (Å²) >= 11 is 1.68. The molecule has 3 rings (SSSR count). The van der Waals surface area contributed by atoms with E-state index in [1.165, 1.54) is 0 Å². The van der Waals surface area contributed by atoms with Gasteiger partial charge in [0.25, 0.3) is 0 Å². The Morgan fingerprint density at radius 3 is 2.74 bits per heavy atom. The molecule has 0 atom stereocenters. The van der Waals surface area contributed by atoms with Gasteiger partial charge in [-0.1, -0.05) is 12.1 Å². The van der Waals surface area contributed by atoms with Gasteiger partial charge in [-0.05, 0) is 37.5 Å². The van der Waals surface area contributed by atoms with Crippen molar-refractivity contribution in [3.05, 3.63) is 45.9 Å². The first kappa shape index (κ1) is 19.4. The Bertz CT molecular complexity index is 784. The van der Waals surface area contributed by atoms with Crippen molar-refractivity contribution in [2.45, 2.75) is 39.2 Å². The van der Waals surface area contributed by atoms with Gasteiger partial charge in [-0.2, -0.15) is 0 Å². The highest BCUT2D eigenvalue weighted by Gasteiger charge is 2.19. The minimum absolute atomic E-state index is 0.229. The maximum absolute atomic E-state index is 12.0. The van der Waals surface area contributed by atoms with E-state index >= 15 is 0 Å². The second-order valence-corrected chi connectivity index (χ2v) is 7.69. The lowest BCUT2D eigenvalue weighted by Gasteiger charge is -2.26. The molecule has 1 aromatic carbocycles. The van der Waals surface area contributed by atoms with Crippen LogP contribution in [0.2, 0.25) is 0 Å². The van der Waals surface area contributed by atoms with Crippen molar-refractivity contribution >= 4 is 28.9 Å². The lowest BCUT2D eigenvalue weighted by Crippen LogP contribution is -2.38. The van der Waals surface area contributed by atoms with Crippen LogP contribution in [0.5, 0.6) is 0 Å². The van der Waals surface area contributed by atoms with Crippen LogP contribution in [0.25, 0.3) is 0 Å². The predicted molar refractivity (Wildman–Crippen MR) is 111 cm³/mol. The third kappa shape index (κ3) is 5.53. The molecule has 2 N–H and O–H groups in total. The van der Waals surface area contributed by atoms with Gasteiger partial charge < -0.3 is 15.5 Å². The summed E-state index contributed by atoms with van der Waals surface area (Å²) in [5.74, 6) is 1.00. The normalized spacial score (nSPS) is 15.1. The average Bonchev–Trinajstić information content (AvgIpc) is 3.10. The number of aliphatic imine (C=N–C) groups is 1. The number of aromatic nitrogens is 1. The summed E-state index contributed by atoms with van der Waals surface area (Å²) in [7, 11) is 1.77. The summed E-state index contributed by atoms with van der Waals surface area (Å²) in [5.41, 5.74) is 3.26. The highest BCUT2D eigenvalue weighted by atomic mass is 32.1. The van der Waals surface area contributed by atoms with Gasteiger partial charge >= 0.3 is 0 Å². The fourth-order valence-corrected chi connectivity index (χ4v) is 3.76. The van der Waals surface area contributed by atoms with Crippen molar-refractivity contribution in [1.82, 2.24) is 15.6 Å². The zero-order chi connectivity index (χ0) is 19.1. The lowest BCUT2D eigenvalue weighted by molar-refractivity contribution is -0.119. The minimum atomic E-state index is 0.229. The summed E-state index contributed by atoms with van der Waals surface area (Å²) in [6.07, 6.45) is 3.62. The van der Waals surface area contributed by atoms with Crippen molar-refractivity contribution in [3.63, 3.8) is 0 Å². The fourth-order valence-electron chi connectivity index (χ4n) is 3.11. The number of aryl methyl sites for hydroxylation is 1. The Kier molecular flexibility index (Phi) is 6.81. The third-order valence-corrected chi connectivity index (χ3v) is 5.42. The number of nitrogens with one attached hydrogen (secondary N) is 2. The van der Waals surface area contributed by atoms with Gasteiger partial charge in [0.05, 0.1) is 10.7 Å². The number of guanidine groups is 1. The molecule has 0 radical (unpaired) electrons. The Balaban J connectivity index is 1.45. The van der Waals surface area contributed by atoms with Crippen LogP contribution in [-0.4, -0.2) is 37.0 Å². The summed E-state index contributed by atoms with van der Waals surface area (Å²) in [6, 6.07) is 8.19. The zero-order valence-electron chi connectivity index (χ0n) is 16.0. The molecule has 1 aliphatic rings. The number of benzene rings is 1. The number of hydrogen-bond acceptors (Lipinski definition) is 4. The third-order valence-electron chi connectivity index (χ3n) is 4.60. The highest BCUT2D eigenvalue weighted by molar-refractivity contribution is 7.09. The number of amides is 1. The molecule has 1 saturated heterocycles. The molecule has 0 unspecified atom stereocenters. The van der Waals surface area contributed by atoms with Gasteiger partial charge in [0.15, 0.2) is 5.96 Å². The van der Waals surface area contributed by atoms with Crippen molar-refractivity contribution in [2.24, 2.45) is 4.99 Å². The van der Waals surface area contributed by atoms with E-state index in [0.717, 1.165) is 60.3 Å². The van der Waals surface area contributed by atoms with Gasteiger partial charge in [-0.25, -0.2) is 4.98 Å². The largest absolute Gasteiger partial charge is 0.356 e. The number of anilines is 1. The Morgan fingerprint density at radius 1 is 1.26 bits per heavy atom. The molecule has 6 nitrogen and oxygen atoms in total. The molecule has 1 aliphatic heterocycles. The van der Waals surface area contributed by atoms with Crippen LogP contribution < -0.4 is 15.5 Å². The number of thiazole rings is 1. The molecule has 2 aromatic rings. The zero-order valence-corrected chi connectivity index (χ0v) is 16.8. The molecule has 1 amide bonds. The average molecular weight is 386 g/mol. The first-order valence-electron chi connectivity index (χ1n) is 9.40. The number of piperidine rings is 1. The first-order chi connectivity index (χ1) is 13.2. The Morgan fingerprint density at radius 2 is 2.07 bits per heavy atom. The molecular formula is C20H27N5OS. The van der Waals surface area contributed by atoms with Crippen molar-refractivity contribution in [3.8, 4) is 0 Å². The van der Waals surface area contributed by atoms with Gasteiger partial charge in [0.1, 0.15) is 0 Å². The summed E-state index contributed by atoms with van der Waals surface area (Å²) < 4.78 is 0. The molecule has 1 fully saturated rings. The van der Waals surface area contributed by atoms with Crippen LogP contribution in [-0.2, 0) is 17.8 Å². The monoisotopic (exact) mass is 385 g/mol. The Hall–Kier alpha value is -2.41. The summed E-state index contributed by atoms with van der Waals surface area (Å²) in [6.45, 7) is 4.32. The van der Waals surface area contributed by atoms with Crippen molar-refractivity contribution in [1.29, 1.82) is 0 Å². The molecule has 0 bridgehead atoms. The Labute approximate surface area is 164 Å². The predicted octanol–water partition coefficient (Wildman–Crippen LogP) is 2.88. The minimum Gasteiger partial charge on any atom is -0.356 e. The van der Waals surface area contributed by atoms with E-state index in [2.05, 4.69) is 38.1 Å². The van der Waals surface area contributed by atoms with Gasteiger partial charge in [0, 0.05) is 50.6 Å². The first-order valence-corrected chi connectivity index (χ1v) is 10.3. The van der Waals surface area contributed by atoms with Crippen LogP contribution in [0.3, 0.4) is 0 Å². The number of carbonyl (C=O) groups is 1. The van der Waals surface area contributed by atoms with Crippen LogP contribution >= 0.6 is 11.3 Å². The molecule has 0 aliphatic carbocycles. The SMILES string of the molecule is CN=C(NCCc1csc(C)n1)NCc1ccc(N2CCCCC2=O)cc1. The molecule has 1 aromatic heterocycles. The maximum atomic E-state index is 12.0. The van der Waals surface area contributed by atoms with E-state index in [4.69, 9.17) is 0 Å². The standard InChI is InChI=1S/C20H27N5OS/c1-15-24-17(14-27-15)10-11-22-20(21-2)23-13-16-6-8-18(9-7-16)25-12-4-3-5-19(25)26/h6-9,14H,3-5,10-13H2,1-2H3,(H2,21,22,23). The topological polar surface area (TPSA) is 69.6 Å². The number of rotatable bonds is 6. The second kappa shape index (κ2) is 9.50. The molecule has 7 heteroatoms. The maximum Gasteiger partial charge on any atom is 0.226 e. The fraction of sp³-hybridized carbons (Fsp3) is 0.450. The number of carbonyl (C=O) groups excluding carboxylic acids is 1. The van der Waals surface area contributed by atoms with E-state index in [-0.39, 0.29) is 5.91 Å². The van der Waals surface area contributed by atoms with Crippen LogP contribution in [0.4, 0.5) is 5.69 Å². The van der Waals surface area contributed by atoms with Crippen LogP contribution in [0.15, 0.2) is 34.6 Å². The van der Waals surface area contributed by atoms with Gasteiger partial charge in [-0.3, -0.25) is 9.79 Å². The number of hydrogen-bond donors (Lipinski definition) is 2. The molecule has 0 saturated carbocycles. The van der Waals surface area contributed by atoms with Crippen molar-refractivity contribution < 1.29 is 4.79 Å². The highest BCUT2D eigenvalue weighted by Crippen LogP contribution is 2.21. The summed E-state index contributed by atoms with van der Waals surface area (Å²) in [4.78, 5) is 22.6. The molecule has 27 heavy (non-hydrogen) atoms. The van der Waals surface area contributed by atoms with Gasteiger partial charge in [-0.15, -0.1) is 11.3 Å². The van der Waals surface area contributed by atoms with Crippen LogP contribution in [0.1, 0.15) is 35.5 Å². The summed E-state index contributed by atoms with van der Waals surface area (Å²) in [5, 5.41) is 9.84. The smallest absolute Gasteiger partial charge is 0.226 e. The van der Waals surface area contributed by atoms with E-state index in [1.807, 2.05) is 24.0 Å². The van der Waals surface area contributed by atoms with Gasteiger partial charge in [0.2, 0.25) is 5.91 Å². The van der Waals surface area contributed by atoms with E-state index in [1.54, 1.807) is 18.4 Å².